The molecular formula is C55H71N11O11. The molecule has 1 N–H and O–H groups in total. The zero-order valence-electron chi connectivity index (χ0n) is 44.8. The molecule has 0 radical (unpaired) electrons. The van der Waals surface area contributed by atoms with Crippen molar-refractivity contribution in [3.63, 3.8) is 0 Å². The molecule has 412 valence electrons. The zero-order chi connectivity index (χ0) is 54.4. The summed E-state index contributed by atoms with van der Waals surface area (Å²) in [6.07, 6.45) is 10.8. The van der Waals surface area contributed by atoms with E-state index in [2.05, 4.69) is 50.3 Å². The van der Waals surface area contributed by atoms with E-state index in [0.29, 0.717) is 106 Å². The van der Waals surface area contributed by atoms with Gasteiger partial charge in [0.1, 0.15) is 12.6 Å². The van der Waals surface area contributed by atoms with Crippen LogP contribution in [0.1, 0.15) is 67.4 Å². The fourth-order valence-electron chi connectivity index (χ4n) is 9.89. The minimum absolute atomic E-state index is 0.0593. The highest BCUT2D eigenvalue weighted by Crippen LogP contribution is 2.39. The Morgan fingerprint density at radius 3 is 2.36 bits per heavy atom. The minimum Gasteiger partial charge on any atom is -0.478 e. The van der Waals surface area contributed by atoms with Crippen molar-refractivity contribution in [1.29, 1.82) is 0 Å². The van der Waals surface area contributed by atoms with Gasteiger partial charge in [0.25, 0.3) is 17.7 Å². The summed E-state index contributed by atoms with van der Waals surface area (Å²) in [5.74, 6) is -0.428. The van der Waals surface area contributed by atoms with Crippen LogP contribution in [-0.2, 0) is 60.7 Å². The number of nitrogens with zero attached hydrogens (tertiary/aromatic N) is 10. The molecule has 22 heteroatoms. The van der Waals surface area contributed by atoms with Crippen molar-refractivity contribution in [3.8, 4) is 0 Å². The number of benzene rings is 2. The van der Waals surface area contributed by atoms with Crippen molar-refractivity contribution >= 4 is 70.9 Å². The highest BCUT2D eigenvalue weighted by Gasteiger charge is 2.41. The van der Waals surface area contributed by atoms with Crippen LogP contribution < -0.4 is 20.0 Å². The van der Waals surface area contributed by atoms with Gasteiger partial charge in [-0.3, -0.25) is 44.0 Å². The molecule has 6 heterocycles. The number of imide groups is 1. The minimum atomic E-state index is -0.747. The molecule has 22 nitrogen and oxygen atoms in total. The van der Waals surface area contributed by atoms with Crippen LogP contribution in [0.5, 0.6) is 0 Å². The number of carbonyl (C=O) groups excluding carboxylic acids is 6. The number of hydrazone groups is 1. The van der Waals surface area contributed by atoms with Crippen LogP contribution in [0, 0.1) is 5.92 Å². The fraction of sp³-hybridized carbons (Fsp3) is 0.509. The summed E-state index contributed by atoms with van der Waals surface area (Å²) >= 11 is 0. The van der Waals surface area contributed by atoms with Gasteiger partial charge in [-0.05, 0) is 74.1 Å². The standard InChI is InChI=1S/C55H71N11O11/c1-38-8-7-24-77-51-16-18-56-39(2)32-41(15-19-57-62(51)5)52(70)59-55-61(4)45-12-11-40(33-47(45)66(55)34-38)35-63-20-22-64(23-21-63)49(68)17-25-73-26-27-74-28-29-75-30-31-76-37-50(69)60(3)44-10-6-9-42-43(44)36-65(54(42)72)46-13-14-48(67)58-53(46)71/h6,9-12,15-16,18-19,32-33,38,46H,7-8,13-14,17,20-31,34-37H2,1-5H3,(H,58,67,71)/b39-32+,41-15+,51-16-,56-18+,57-19-,59-55+/t38-,46?/m1/s1. The number of hydrogen-bond acceptors (Lipinski definition) is 17. The fourth-order valence-corrected chi connectivity index (χ4v) is 9.89. The molecule has 6 aliphatic heterocycles. The molecule has 2 atom stereocenters. The molecule has 2 aromatic carbocycles. The van der Waals surface area contributed by atoms with E-state index in [1.807, 2.05) is 23.8 Å². The number of anilines is 3. The first-order valence-electron chi connectivity index (χ1n) is 26.4. The number of carbonyl (C=O) groups is 6. The molecule has 2 fully saturated rings. The lowest BCUT2D eigenvalue weighted by Gasteiger charge is -2.35. The van der Waals surface area contributed by atoms with Gasteiger partial charge in [0, 0.05) is 120 Å². The molecule has 8 rings (SSSR count). The van der Waals surface area contributed by atoms with Gasteiger partial charge in [0.15, 0.2) is 0 Å². The normalized spacial score (nSPS) is 23.9. The molecule has 6 amide bonds. The third kappa shape index (κ3) is 14.5. The number of aliphatic imine (C=N–C) groups is 2. The number of rotatable bonds is 18. The number of fused-ring (bicyclic) bond motifs is 7. The van der Waals surface area contributed by atoms with Crippen LogP contribution in [0.4, 0.5) is 17.1 Å². The number of piperidine rings is 1. The number of guanidine groups is 1. The predicted molar refractivity (Wildman–Crippen MR) is 289 cm³/mol. The third-order valence-electron chi connectivity index (χ3n) is 14.2. The monoisotopic (exact) mass is 1060 g/mol. The lowest BCUT2D eigenvalue weighted by molar-refractivity contribution is -0.137. The van der Waals surface area contributed by atoms with Crippen molar-refractivity contribution < 1.29 is 52.5 Å². The summed E-state index contributed by atoms with van der Waals surface area (Å²) in [5, 5.41) is 8.39. The van der Waals surface area contributed by atoms with E-state index in [1.54, 1.807) is 68.0 Å². The smallest absolute Gasteiger partial charge is 0.280 e. The van der Waals surface area contributed by atoms with Gasteiger partial charge >= 0.3 is 0 Å². The second-order valence-corrected chi connectivity index (χ2v) is 19.7. The molecule has 0 spiro atoms. The first-order valence-corrected chi connectivity index (χ1v) is 26.4. The maximum Gasteiger partial charge on any atom is 0.280 e. The lowest BCUT2D eigenvalue weighted by Crippen LogP contribution is -2.52. The Balaban J connectivity index is 0.702. The van der Waals surface area contributed by atoms with Gasteiger partial charge in [0.2, 0.25) is 29.6 Å². The topological polar surface area (TPSA) is 220 Å². The van der Waals surface area contributed by atoms with Crippen LogP contribution in [0.25, 0.3) is 0 Å². The Morgan fingerprint density at radius 1 is 0.870 bits per heavy atom. The summed E-state index contributed by atoms with van der Waals surface area (Å²) in [6.45, 7) is 10.7. The van der Waals surface area contributed by atoms with Crippen LogP contribution in [0.15, 0.2) is 86.9 Å². The molecule has 0 saturated carbocycles. The maximum atomic E-state index is 13.9. The average Bonchev–Trinajstić information content (AvgIpc) is 3.98. The molecule has 0 aliphatic carbocycles. The quantitative estimate of drug-likeness (QED) is 0.167. The van der Waals surface area contributed by atoms with Gasteiger partial charge in [0.05, 0.1) is 70.7 Å². The molecular weight excluding hydrogens is 991 g/mol. The summed E-state index contributed by atoms with van der Waals surface area (Å²) in [5.41, 5.74) is 5.71. The Hall–Kier alpha value is -7.11. The Bertz CT molecular complexity index is 2710. The second-order valence-electron chi connectivity index (χ2n) is 19.7. The van der Waals surface area contributed by atoms with Gasteiger partial charge < -0.3 is 48.2 Å². The van der Waals surface area contributed by atoms with Crippen LogP contribution in [0.3, 0.4) is 0 Å². The van der Waals surface area contributed by atoms with Gasteiger partial charge in [-0.1, -0.05) is 19.1 Å². The maximum absolute atomic E-state index is 13.9. The van der Waals surface area contributed by atoms with Crippen LogP contribution in [0.2, 0.25) is 0 Å². The zero-order valence-corrected chi connectivity index (χ0v) is 44.8. The number of amides is 6. The lowest BCUT2D eigenvalue weighted by atomic mass is 10.0. The molecule has 6 aliphatic rings. The van der Waals surface area contributed by atoms with Gasteiger partial charge in [-0.2, -0.15) is 10.1 Å². The van der Waals surface area contributed by atoms with E-state index in [1.165, 1.54) is 9.80 Å². The largest absolute Gasteiger partial charge is 0.478 e. The van der Waals surface area contributed by atoms with E-state index in [4.69, 9.17) is 28.7 Å². The highest BCUT2D eigenvalue weighted by molar-refractivity contribution is 6.20. The first kappa shape index (κ1) is 56.1. The van der Waals surface area contributed by atoms with E-state index in [0.717, 1.165) is 42.9 Å². The van der Waals surface area contributed by atoms with Crippen molar-refractivity contribution in [2.45, 2.75) is 65.1 Å². The molecule has 2 saturated heterocycles. The molecule has 77 heavy (non-hydrogen) atoms. The number of likely N-dealkylation sites (N-methyl/N-ethyl adjacent to an activating group) is 1. The van der Waals surface area contributed by atoms with Crippen LogP contribution >= 0.6 is 0 Å². The third-order valence-corrected chi connectivity index (χ3v) is 14.2. The van der Waals surface area contributed by atoms with Crippen LogP contribution in [-0.4, -0.2) is 193 Å². The van der Waals surface area contributed by atoms with Crippen molar-refractivity contribution in [1.82, 2.24) is 25.0 Å². The predicted octanol–water partition coefficient (Wildman–Crippen LogP) is 3.47. The summed E-state index contributed by atoms with van der Waals surface area (Å²) in [4.78, 5) is 97.9. The van der Waals surface area contributed by atoms with Gasteiger partial charge in [-0.25, -0.2) is 5.01 Å². The van der Waals surface area contributed by atoms with Crippen molar-refractivity contribution in [2.24, 2.45) is 21.0 Å². The average molecular weight is 1060 g/mol. The number of allylic oxidation sites excluding steroid dienone is 3. The molecule has 2 aromatic rings. The number of piperazine rings is 1. The van der Waals surface area contributed by atoms with Gasteiger partial charge in [-0.15, -0.1) is 0 Å². The highest BCUT2D eigenvalue weighted by atomic mass is 16.6. The van der Waals surface area contributed by atoms with E-state index < -0.39 is 17.9 Å². The Kier molecular flexibility index (Phi) is 19.5. The summed E-state index contributed by atoms with van der Waals surface area (Å²) in [7, 11) is 5.35. The first-order chi connectivity index (χ1) is 37.2. The Labute approximate surface area is 449 Å². The molecule has 0 aromatic heterocycles. The second kappa shape index (κ2) is 26.8. The van der Waals surface area contributed by atoms with E-state index in [9.17, 15) is 28.8 Å². The molecule has 2 bridgehead atoms. The number of hydrogen-bond donors (Lipinski definition) is 1. The van der Waals surface area contributed by atoms with Crippen molar-refractivity contribution in [2.75, 3.05) is 128 Å². The summed E-state index contributed by atoms with van der Waals surface area (Å²) < 4.78 is 28.6. The number of ether oxygens (including phenoxy) is 5. The van der Waals surface area contributed by atoms with Crippen molar-refractivity contribution in [3.05, 3.63) is 88.5 Å². The van der Waals surface area contributed by atoms with E-state index >= 15 is 0 Å². The SMILES string of the molecule is CC1=C\C2=C/C=N\N(C)\C(=C\C=N\1)OCCC[C@@H](C)CN1/C(=N/C2=O)N(C)c2ccc(CN3CCN(C(=O)CCOCCOCCOCCOCC(=O)N(C)c4cccc5c4CN(C4CCC(=O)NC4=O)C5=O)CC3)cc21. The Morgan fingerprint density at radius 2 is 1.61 bits per heavy atom. The number of nitrogens with one attached hydrogen (secondary N) is 1. The van der Waals surface area contributed by atoms with E-state index in [-0.39, 0.29) is 75.2 Å². The molecule has 1 unspecified atom stereocenters. The summed E-state index contributed by atoms with van der Waals surface area (Å²) in [6, 6.07) is 10.8.